The van der Waals surface area contributed by atoms with Gasteiger partial charge in [-0.2, -0.15) is 0 Å². The van der Waals surface area contributed by atoms with Crippen LogP contribution in [0.5, 0.6) is 0 Å². The molecule has 1 nitrogen and oxygen atoms in total. The van der Waals surface area contributed by atoms with E-state index in [1.807, 2.05) is 0 Å². The molecule has 1 heterocycles. The molecule has 3 fully saturated rings. The Balaban J connectivity index is 0.000000135. The van der Waals surface area contributed by atoms with Crippen LogP contribution >= 0.6 is 0 Å². The molecule has 0 N–H and O–H groups in total. The third-order valence-electron chi connectivity index (χ3n) is 4.45. The molecule has 0 radical (unpaired) electrons. The van der Waals surface area contributed by atoms with Gasteiger partial charge < -0.3 is 4.74 Å². The standard InChI is InChI=1S/2C6H12.C5H10O/c2*1-6-4-2-3-5-6;1-5-3-2-4-6-5/h2*6H,2-5H2,1H3;5H,2-4H2,1H3. The normalized spacial score (nSPS) is 28.5. The van der Waals surface area contributed by atoms with Gasteiger partial charge in [-0.3, -0.25) is 0 Å². The van der Waals surface area contributed by atoms with E-state index in [-0.39, 0.29) is 0 Å². The molecule has 1 unspecified atom stereocenters. The maximum atomic E-state index is 5.15. The van der Waals surface area contributed by atoms with Gasteiger partial charge in [0.05, 0.1) is 6.10 Å². The van der Waals surface area contributed by atoms with Crippen molar-refractivity contribution in [3.8, 4) is 0 Å². The van der Waals surface area contributed by atoms with E-state index in [1.165, 1.54) is 64.2 Å². The summed E-state index contributed by atoms with van der Waals surface area (Å²) >= 11 is 0. The van der Waals surface area contributed by atoms with Gasteiger partial charge in [0.25, 0.3) is 0 Å². The quantitative estimate of drug-likeness (QED) is 0.548. The zero-order valence-electron chi connectivity index (χ0n) is 12.9. The highest BCUT2D eigenvalue weighted by Crippen LogP contribution is 2.23. The molecular weight excluding hydrogens is 220 g/mol. The van der Waals surface area contributed by atoms with Gasteiger partial charge in [0.1, 0.15) is 0 Å². The van der Waals surface area contributed by atoms with Gasteiger partial charge in [-0.1, -0.05) is 65.2 Å². The lowest BCUT2D eigenvalue weighted by Gasteiger charge is -1.94. The first-order valence-corrected chi connectivity index (χ1v) is 8.30. The molecule has 0 amide bonds. The van der Waals surface area contributed by atoms with Crippen molar-refractivity contribution in [2.45, 2.75) is 91.1 Å². The van der Waals surface area contributed by atoms with Crippen LogP contribution in [0, 0.1) is 11.8 Å². The van der Waals surface area contributed by atoms with E-state index in [1.54, 1.807) is 0 Å². The molecule has 0 spiro atoms. The average molecular weight is 254 g/mol. The maximum Gasteiger partial charge on any atom is 0.0547 e. The summed E-state index contributed by atoms with van der Waals surface area (Å²) in [5, 5.41) is 0. The summed E-state index contributed by atoms with van der Waals surface area (Å²) in [6.45, 7) is 7.79. The SMILES string of the molecule is CC1CCCC1.CC1CCCC1.CC1CCCO1. The summed E-state index contributed by atoms with van der Waals surface area (Å²) in [5.41, 5.74) is 0. The molecule has 1 aliphatic heterocycles. The fraction of sp³-hybridized carbons (Fsp3) is 1.00. The van der Waals surface area contributed by atoms with E-state index in [4.69, 9.17) is 4.74 Å². The highest BCUT2D eigenvalue weighted by molar-refractivity contribution is 4.61. The van der Waals surface area contributed by atoms with Crippen LogP contribution in [0.2, 0.25) is 0 Å². The average Bonchev–Trinajstić information content (AvgIpc) is 3.05. The second-order valence-electron chi connectivity index (χ2n) is 6.60. The zero-order valence-corrected chi connectivity index (χ0v) is 12.9. The second-order valence-corrected chi connectivity index (χ2v) is 6.60. The van der Waals surface area contributed by atoms with E-state index in [2.05, 4.69) is 20.8 Å². The molecule has 1 saturated heterocycles. The van der Waals surface area contributed by atoms with Crippen molar-refractivity contribution in [3.63, 3.8) is 0 Å². The topological polar surface area (TPSA) is 9.23 Å². The van der Waals surface area contributed by atoms with Gasteiger partial charge in [-0.05, 0) is 31.6 Å². The molecule has 18 heavy (non-hydrogen) atoms. The summed E-state index contributed by atoms with van der Waals surface area (Å²) in [5.74, 6) is 2.09. The summed E-state index contributed by atoms with van der Waals surface area (Å²) in [4.78, 5) is 0. The largest absolute Gasteiger partial charge is 0.379 e. The fourth-order valence-electron chi connectivity index (χ4n) is 3.00. The molecule has 1 atom stereocenters. The first-order valence-electron chi connectivity index (χ1n) is 8.30. The molecule has 0 aromatic rings. The number of hydrogen-bond donors (Lipinski definition) is 0. The molecule has 0 bridgehead atoms. The Hall–Kier alpha value is -0.0400. The number of rotatable bonds is 0. The van der Waals surface area contributed by atoms with Crippen LogP contribution in [-0.4, -0.2) is 12.7 Å². The van der Waals surface area contributed by atoms with Crippen molar-refractivity contribution in [3.05, 3.63) is 0 Å². The molecule has 1 heteroatoms. The summed E-state index contributed by atoms with van der Waals surface area (Å²) in [7, 11) is 0. The van der Waals surface area contributed by atoms with Crippen LogP contribution in [-0.2, 0) is 4.74 Å². The van der Waals surface area contributed by atoms with Crippen molar-refractivity contribution in [2.75, 3.05) is 6.61 Å². The molecule has 2 saturated carbocycles. The van der Waals surface area contributed by atoms with Crippen molar-refractivity contribution in [1.82, 2.24) is 0 Å². The minimum atomic E-state index is 0.546. The second kappa shape index (κ2) is 9.83. The molecule has 0 aromatic carbocycles. The lowest BCUT2D eigenvalue weighted by molar-refractivity contribution is 0.125. The van der Waals surface area contributed by atoms with Crippen LogP contribution in [0.25, 0.3) is 0 Å². The van der Waals surface area contributed by atoms with Crippen molar-refractivity contribution >= 4 is 0 Å². The van der Waals surface area contributed by atoms with E-state index < -0.39 is 0 Å². The van der Waals surface area contributed by atoms with Crippen LogP contribution in [0.4, 0.5) is 0 Å². The van der Waals surface area contributed by atoms with Crippen LogP contribution in [0.1, 0.15) is 85.0 Å². The Bertz CT molecular complexity index is 139. The first kappa shape index (κ1) is 16.0. The highest BCUT2D eigenvalue weighted by atomic mass is 16.5. The maximum absolute atomic E-state index is 5.15. The zero-order chi connectivity index (χ0) is 13.2. The van der Waals surface area contributed by atoms with Crippen molar-refractivity contribution < 1.29 is 4.74 Å². The highest BCUT2D eigenvalue weighted by Gasteiger charge is 2.08. The summed E-state index contributed by atoms with van der Waals surface area (Å²) in [6, 6.07) is 0. The Morgan fingerprint density at radius 1 is 0.611 bits per heavy atom. The smallest absolute Gasteiger partial charge is 0.0547 e. The number of hydrogen-bond acceptors (Lipinski definition) is 1. The monoisotopic (exact) mass is 254 g/mol. The van der Waals surface area contributed by atoms with E-state index >= 15 is 0 Å². The Labute approximate surface area is 115 Å². The van der Waals surface area contributed by atoms with Gasteiger partial charge in [0.15, 0.2) is 0 Å². The minimum absolute atomic E-state index is 0.546. The van der Waals surface area contributed by atoms with E-state index in [9.17, 15) is 0 Å². The van der Waals surface area contributed by atoms with Crippen LogP contribution < -0.4 is 0 Å². The van der Waals surface area contributed by atoms with E-state index in [0.29, 0.717) is 6.10 Å². The minimum Gasteiger partial charge on any atom is -0.379 e. The van der Waals surface area contributed by atoms with Gasteiger partial charge in [0.2, 0.25) is 0 Å². The molecule has 108 valence electrons. The summed E-state index contributed by atoms with van der Waals surface area (Å²) < 4.78 is 5.15. The van der Waals surface area contributed by atoms with E-state index in [0.717, 1.165) is 18.4 Å². The van der Waals surface area contributed by atoms with Gasteiger partial charge in [-0.15, -0.1) is 0 Å². The lowest BCUT2D eigenvalue weighted by Crippen LogP contribution is -1.94. The fourth-order valence-corrected chi connectivity index (χ4v) is 3.00. The third kappa shape index (κ3) is 8.13. The number of ether oxygens (including phenoxy) is 1. The molecule has 3 aliphatic rings. The molecular formula is C17H34O. The van der Waals surface area contributed by atoms with Gasteiger partial charge >= 0.3 is 0 Å². The lowest BCUT2D eigenvalue weighted by atomic mass is 10.2. The summed E-state index contributed by atoms with van der Waals surface area (Å²) in [6.07, 6.45) is 15.0. The van der Waals surface area contributed by atoms with Crippen molar-refractivity contribution in [1.29, 1.82) is 0 Å². The predicted molar refractivity (Wildman–Crippen MR) is 79.9 cm³/mol. The van der Waals surface area contributed by atoms with Crippen LogP contribution in [0.3, 0.4) is 0 Å². The van der Waals surface area contributed by atoms with Gasteiger partial charge in [0, 0.05) is 6.61 Å². The molecule has 3 rings (SSSR count). The molecule has 0 aromatic heterocycles. The Morgan fingerprint density at radius 2 is 1.06 bits per heavy atom. The Kier molecular flexibility index (Phi) is 8.75. The van der Waals surface area contributed by atoms with Gasteiger partial charge in [-0.25, -0.2) is 0 Å². The van der Waals surface area contributed by atoms with Crippen LogP contribution in [0.15, 0.2) is 0 Å². The predicted octanol–water partition coefficient (Wildman–Crippen LogP) is 5.58. The molecule has 2 aliphatic carbocycles. The Morgan fingerprint density at radius 3 is 1.17 bits per heavy atom. The third-order valence-corrected chi connectivity index (χ3v) is 4.45. The first-order chi connectivity index (χ1) is 8.68. The van der Waals surface area contributed by atoms with Crippen molar-refractivity contribution in [2.24, 2.45) is 11.8 Å².